The molecule has 12 aromatic rings. The number of hydrogen-bond donors (Lipinski definition) is 0. The van der Waals surface area contributed by atoms with Gasteiger partial charge in [0.25, 0.3) is 0 Å². The smallest absolute Gasteiger partial charge is 0.164 e. The van der Waals surface area contributed by atoms with Crippen molar-refractivity contribution in [1.29, 1.82) is 0 Å². The number of hydrogen-bond acceptors (Lipinski definition) is 5. The number of rotatable bonds is 5. The van der Waals surface area contributed by atoms with Gasteiger partial charge in [0, 0.05) is 64.1 Å². The maximum atomic E-state index is 9.93. The highest BCUT2D eigenvalue weighted by Gasteiger charge is 2.20. The summed E-state index contributed by atoms with van der Waals surface area (Å²) in [4.78, 5) is 14.9. The van der Waals surface area contributed by atoms with Crippen LogP contribution >= 0.6 is 11.3 Å². The van der Waals surface area contributed by atoms with Crippen molar-refractivity contribution in [2.75, 3.05) is 0 Å². The van der Waals surface area contributed by atoms with Gasteiger partial charge in [0.15, 0.2) is 17.5 Å². The maximum absolute atomic E-state index is 9.93. The first-order valence-electron chi connectivity index (χ1n) is 23.2. The third-order valence-corrected chi connectivity index (χ3v) is 11.4. The molecule has 57 heavy (non-hydrogen) atoms. The standard InChI is InChI=1S/C51H30N4OS/c1-3-13-31(14-4-1)35-19-12-24-45-48(35)38-27-25-33(29-46(38)57-45)50-52-49(32-15-5-2-6-16-32)53-51(54-50)39-20-11-23-44-47(39)40-30-34(26-28-43(40)56-44)55-41-21-9-7-17-36(41)37-18-8-10-22-42(37)55/h1-30H/i9D,11D,17D,20D,21D,22D,23D,26D,28D,30D. The Bertz CT molecular complexity index is 4120. The fraction of sp³-hybridized carbons (Fsp3) is 0. The van der Waals surface area contributed by atoms with Gasteiger partial charge < -0.3 is 8.98 Å². The summed E-state index contributed by atoms with van der Waals surface area (Å²) in [7, 11) is 0. The van der Waals surface area contributed by atoms with Crippen molar-refractivity contribution in [3.8, 4) is 51.0 Å². The number of para-hydroxylation sites is 2. The van der Waals surface area contributed by atoms with Crippen LogP contribution in [-0.4, -0.2) is 19.5 Å². The molecule has 0 amide bonds. The van der Waals surface area contributed by atoms with E-state index in [0.717, 1.165) is 31.3 Å². The quantitative estimate of drug-likeness (QED) is 0.175. The summed E-state index contributed by atoms with van der Waals surface area (Å²) in [5.74, 6) is 0.445. The lowest BCUT2D eigenvalue weighted by molar-refractivity contribution is 0.669. The Hall–Kier alpha value is -7.41. The van der Waals surface area contributed by atoms with E-state index in [1.807, 2.05) is 66.7 Å². The lowest BCUT2D eigenvalue weighted by Gasteiger charge is -2.10. The third kappa shape index (κ3) is 5.04. The van der Waals surface area contributed by atoms with Gasteiger partial charge in [0.1, 0.15) is 11.2 Å². The second kappa shape index (κ2) is 12.6. The maximum Gasteiger partial charge on any atom is 0.164 e. The van der Waals surface area contributed by atoms with Gasteiger partial charge in [-0.3, -0.25) is 0 Å². The summed E-state index contributed by atoms with van der Waals surface area (Å²) in [6.45, 7) is 0. The Morgan fingerprint density at radius 3 is 2.14 bits per heavy atom. The summed E-state index contributed by atoms with van der Waals surface area (Å²) in [6.07, 6.45) is 0. The molecular formula is C51H30N4OS. The molecule has 0 spiro atoms. The van der Waals surface area contributed by atoms with Crippen LogP contribution in [0.5, 0.6) is 0 Å². The van der Waals surface area contributed by atoms with Crippen LogP contribution in [0, 0.1) is 0 Å². The predicted octanol–water partition coefficient (Wildman–Crippen LogP) is 13.9. The third-order valence-electron chi connectivity index (χ3n) is 10.3. The van der Waals surface area contributed by atoms with Crippen molar-refractivity contribution in [2.45, 2.75) is 0 Å². The molecule has 0 aliphatic heterocycles. The molecule has 0 N–H and O–H groups in total. The molecule has 5 nitrogen and oxygen atoms in total. The van der Waals surface area contributed by atoms with Gasteiger partial charge in [-0.1, -0.05) is 133 Å². The van der Waals surface area contributed by atoms with Gasteiger partial charge in [-0.2, -0.15) is 0 Å². The van der Waals surface area contributed by atoms with Crippen molar-refractivity contribution >= 4 is 75.3 Å². The number of benzene rings is 8. The highest BCUT2D eigenvalue weighted by molar-refractivity contribution is 7.26. The number of furan rings is 1. The van der Waals surface area contributed by atoms with Crippen LogP contribution in [-0.2, 0) is 0 Å². The van der Waals surface area contributed by atoms with Crippen molar-refractivity contribution < 1.29 is 18.1 Å². The lowest BCUT2D eigenvalue weighted by atomic mass is 9.99. The second-order valence-corrected chi connectivity index (χ2v) is 14.6. The van der Waals surface area contributed by atoms with Crippen LogP contribution in [0.25, 0.3) is 115 Å². The van der Waals surface area contributed by atoms with Gasteiger partial charge in [0.05, 0.1) is 24.7 Å². The summed E-state index contributed by atoms with van der Waals surface area (Å²) in [6, 6.07) is 34.2. The number of fused-ring (bicyclic) bond motifs is 9. The second-order valence-electron chi connectivity index (χ2n) is 13.6. The summed E-state index contributed by atoms with van der Waals surface area (Å²) in [5.41, 5.74) is 2.90. The van der Waals surface area contributed by atoms with E-state index in [0.29, 0.717) is 16.5 Å². The number of thiophene rings is 1. The van der Waals surface area contributed by atoms with Crippen LogP contribution in [0.3, 0.4) is 0 Å². The summed E-state index contributed by atoms with van der Waals surface area (Å²) >= 11 is 1.64. The van der Waals surface area contributed by atoms with Crippen molar-refractivity contribution in [1.82, 2.24) is 19.5 Å². The van der Waals surface area contributed by atoms with E-state index in [9.17, 15) is 5.48 Å². The van der Waals surface area contributed by atoms with Crippen LogP contribution in [0.4, 0.5) is 0 Å². The average Bonchev–Trinajstić information content (AvgIpc) is 4.04. The number of aromatic nitrogens is 4. The molecule has 0 aliphatic rings. The summed E-state index contributed by atoms with van der Waals surface area (Å²) in [5, 5.41) is 2.73. The van der Waals surface area contributed by atoms with E-state index in [4.69, 9.17) is 27.6 Å². The van der Waals surface area contributed by atoms with Crippen LogP contribution in [0.2, 0.25) is 0 Å². The molecule has 0 atom stereocenters. The monoisotopic (exact) mass is 756 g/mol. The molecule has 4 aromatic heterocycles. The van der Waals surface area contributed by atoms with E-state index in [1.54, 1.807) is 23.5 Å². The van der Waals surface area contributed by atoms with E-state index in [-0.39, 0.29) is 91.3 Å². The molecule has 0 aliphatic carbocycles. The zero-order valence-electron chi connectivity index (χ0n) is 39.7. The molecule has 4 heterocycles. The Morgan fingerprint density at radius 1 is 0.474 bits per heavy atom. The minimum absolute atomic E-state index is 0.00867. The van der Waals surface area contributed by atoms with Gasteiger partial charge in [-0.05, 0) is 59.5 Å². The predicted molar refractivity (Wildman–Crippen MR) is 236 cm³/mol. The minimum Gasteiger partial charge on any atom is -0.456 e. The van der Waals surface area contributed by atoms with Crippen LogP contribution in [0.15, 0.2) is 186 Å². The van der Waals surface area contributed by atoms with Gasteiger partial charge in [-0.25, -0.2) is 15.0 Å². The van der Waals surface area contributed by atoms with Crippen molar-refractivity contribution in [2.24, 2.45) is 0 Å². The molecule has 0 radical (unpaired) electrons. The van der Waals surface area contributed by atoms with E-state index in [1.165, 1.54) is 16.7 Å². The Labute approximate surface area is 344 Å². The molecule has 6 heteroatoms. The minimum atomic E-state index is -0.513. The fourth-order valence-corrected chi connectivity index (χ4v) is 8.92. The van der Waals surface area contributed by atoms with Gasteiger partial charge in [-0.15, -0.1) is 11.3 Å². The van der Waals surface area contributed by atoms with Crippen LogP contribution < -0.4 is 0 Å². The molecule has 0 saturated heterocycles. The Balaban J connectivity index is 1.16. The lowest BCUT2D eigenvalue weighted by Crippen LogP contribution is -2.00. The highest BCUT2D eigenvalue weighted by atomic mass is 32.1. The van der Waals surface area contributed by atoms with E-state index >= 15 is 0 Å². The summed E-state index contributed by atoms with van der Waals surface area (Å²) < 4.78 is 101. The zero-order valence-corrected chi connectivity index (χ0v) is 30.5. The topological polar surface area (TPSA) is 56.7 Å². The highest BCUT2D eigenvalue weighted by Crippen LogP contribution is 2.43. The molecular weight excluding hydrogens is 717 g/mol. The van der Waals surface area contributed by atoms with E-state index < -0.39 is 36.3 Å². The van der Waals surface area contributed by atoms with Crippen LogP contribution in [0.1, 0.15) is 13.7 Å². The first kappa shape index (κ1) is 23.5. The van der Waals surface area contributed by atoms with E-state index in [2.05, 4.69) is 30.3 Å². The molecule has 0 bridgehead atoms. The Kier molecular flexibility index (Phi) is 5.18. The normalized spacial score (nSPS) is 14.3. The largest absolute Gasteiger partial charge is 0.456 e. The zero-order chi connectivity index (χ0) is 46.2. The van der Waals surface area contributed by atoms with Crippen molar-refractivity contribution in [3.05, 3.63) is 182 Å². The molecule has 0 saturated carbocycles. The average molecular weight is 757 g/mol. The fourth-order valence-electron chi connectivity index (χ4n) is 7.75. The first-order chi connectivity index (χ1) is 32.4. The molecule has 12 rings (SSSR count). The SMILES string of the molecule is [2H]c1cc([2H])c2c3cccc([2H])c3n(-c3c([2H])c([2H])c4oc5c([2H])c([2H])c([2H])c(-c6nc(-c7ccccc7)nc(-c7ccc8c(c7)sc7cccc(-c9ccccc9)c78)n6)c5c4c3[2H])c2c1[2H]. The van der Waals surface area contributed by atoms with Crippen molar-refractivity contribution in [3.63, 3.8) is 0 Å². The first-order valence-corrected chi connectivity index (χ1v) is 19.0. The molecule has 0 unspecified atom stereocenters. The number of nitrogens with zero attached hydrogens (tertiary/aromatic N) is 4. The molecule has 0 fully saturated rings. The molecule has 8 aromatic carbocycles. The van der Waals surface area contributed by atoms with Gasteiger partial charge >= 0.3 is 0 Å². The van der Waals surface area contributed by atoms with Gasteiger partial charge in [0.2, 0.25) is 0 Å². The Morgan fingerprint density at radius 2 is 1.26 bits per heavy atom. The molecule has 266 valence electrons.